The van der Waals surface area contributed by atoms with E-state index in [-0.39, 0.29) is 24.0 Å². The number of hydrogen-bond acceptors (Lipinski definition) is 4. The fourth-order valence-electron chi connectivity index (χ4n) is 5.52. The summed E-state index contributed by atoms with van der Waals surface area (Å²) in [6.07, 6.45) is 17.7. The van der Waals surface area contributed by atoms with Gasteiger partial charge in [0, 0.05) is 6.08 Å². The smallest absolute Gasteiger partial charge is 0.330 e. The lowest BCUT2D eigenvalue weighted by Crippen LogP contribution is -2.31. The van der Waals surface area contributed by atoms with Crippen LogP contribution in [0, 0.1) is 17.8 Å². The van der Waals surface area contributed by atoms with Gasteiger partial charge in [-0.15, -0.1) is 0 Å². The first-order valence-corrected chi connectivity index (χ1v) is 13.2. The first kappa shape index (κ1) is 25.5. The Balaban J connectivity index is 1.36. The van der Waals surface area contributed by atoms with Gasteiger partial charge < -0.3 is 9.47 Å². The van der Waals surface area contributed by atoms with Crippen molar-refractivity contribution in [2.24, 2.45) is 17.8 Å². The van der Waals surface area contributed by atoms with Crippen molar-refractivity contribution in [1.82, 2.24) is 0 Å². The second kappa shape index (κ2) is 13.6. The topological polar surface area (TPSA) is 52.6 Å². The molecule has 0 radical (unpaired) electrons. The number of carbonyl (C=O) groups is 2. The number of ether oxygens (including phenoxy) is 2. The number of rotatable bonds is 10. The number of carbonyl (C=O) groups excluding carboxylic acids is 2. The molecule has 33 heavy (non-hydrogen) atoms. The van der Waals surface area contributed by atoms with Crippen molar-refractivity contribution in [1.29, 1.82) is 0 Å². The first-order valence-electron chi connectivity index (χ1n) is 13.2. The van der Waals surface area contributed by atoms with Gasteiger partial charge in [-0.3, -0.25) is 4.79 Å². The average molecular weight is 455 g/mol. The van der Waals surface area contributed by atoms with Crippen LogP contribution in [0.4, 0.5) is 0 Å². The number of allylic oxidation sites excluding steroid dienone is 1. The first-order chi connectivity index (χ1) is 16.1. The van der Waals surface area contributed by atoms with E-state index < -0.39 is 0 Å². The van der Waals surface area contributed by atoms with Crippen molar-refractivity contribution in [2.75, 3.05) is 0 Å². The summed E-state index contributed by atoms with van der Waals surface area (Å²) in [5, 5.41) is 0. The van der Waals surface area contributed by atoms with Crippen LogP contribution in [0.3, 0.4) is 0 Å². The summed E-state index contributed by atoms with van der Waals surface area (Å²) in [4.78, 5) is 24.4. The van der Waals surface area contributed by atoms with E-state index in [4.69, 9.17) is 9.47 Å². The van der Waals surface area contributed by atoms with Gasteiger partial charge in [-0.25, -0.2) is 4.79 Å². The third kappa shape index (κ3) is 8.32. The molecule has 2 aliphatic rings. The van der Waals surface area contributed by atoms with Crippen LogP contribution in [0.2, 0.25) is 0 Å². The van der Waals surface area contributed by atoms with Gasteiger partial charge in [0.1, 0.15) is 11.9 Å². The highest BCUT2D eigenvalue weighted by Crippen LogP contribution is 2.41. The zero-order chi connectivity index (χ0) is 23.5. The molecule has 3 rings (SSSR count). The number of unbranched alkanes of at least 4 members (excludes halogenated alkanes) is 3. The summed E-state index contributed by atoms with van der Waals surface area (Å²) in [6, 6.07) is 8.08. The number of benzene rings is 1. The third-order valence-corrected chi connectivity index (χ3v) is 7.54. The lowest BCUT2D eigenvalue weighted by molar-refractivity contribution is -0.145. The van der Waals surface area contributed by atoms with Gasteiger partial charge in [0.15, 0.2) is 0 Å². The van der Waals surface area contributed by atoms with Gasteiger partial charge >= 0.3 is 11.9 Å². The summed E-state index contributed by atoms with van der Waals surface area (Å²) in [7, 11) is 0. The van der Waals surface area contributed by atoms with Crippen molar-refractivity contribution in [2.45, 2.75) is 103 Å². The monoisotopic (exact) mass is 454 g/mol. The average Bonchev–Trinajstić information content (AvgIpc) is 2.83. The maximum absolute atomic E-state index is 12.7. The van der Waals surface area contributed by atoms with Gasteiger partial charge in [0.25, 0.3) is 0 Å². The number of hydrogen-bond donors (Lipinski definition) is 0. The molecule has 2 fully saturated rings. The molecule has 0 N–H and O–H groups in total. The maximum Gasteiger partial charge on any atom is 0.330 e. The molecule has 1 aromatic rings. The lowest BCUT2D eigenvalue weighted by Gasteiger charge is -2.37. The standard InChI is InChI=1S/C29H42O4/c1-3-5-6-7-9-22-10-18-27(19-11-22)33-29(31)25-14-12-23(13-15-25)24-16-20-26(21-17-24)32-28(30)8-4-2/h4,8,10-11,18-19,23-26H,3,5-7,9,12-17,20-21H2,1-2H3/b8-4+/t23-,24-,25-,26-. The van der Waals surface area contributed by atoms with Gasteiger partial charge in [-0.1, -0.05) is 44.4 Å². The zero-order valence-corrected chi connectivity index (χ0v) is 20.6. The molecule has 0 amide bonds. The molecule has 0 spiro atoms. The fraction of sp³-hybridized carbons (Fsp3) is 0.655. The Labute approximate surface area is 200 Å². The van der Waals surface area contributed by atoms with Crippen LogP contribution in [0.25, 0.3) is 0 Å². The van der Waals surface area contributed by atoms with E-state index in [0.29, 0.717) is 17.6 Å². The van der Waals surface area contributed by atoms with Crippen LogP contribution >= 0.6 is 0 Å². The minimum absolute atomic E-state index is 0.0214. The highest BCUT2D eigenvalue weighted by Gasteiger charge is 2.34. The number of esters is 2. The van der Waals surface area contributed by atoms with E-state index in [0.717, 1.165) is 57.8 Å². The Hall–Kier alpha value is -2.10. The minimum Gasteiger partial charge on any atom is -0.459 e. The molecule has 4 heteroatoms. The van der Waals surface area contributed by atoms with Crippen molar-refractivity contribution in [3.63, 3.8) is 0 Å². The molecule has 0 atom stereocenters. The second-order valence-corrected chi connectivity index (χ2v) is 9.96. The molecular formula is C29H42O4. The Bertz CT molecular complexity index is 750. The second-order valence-electron chi connectivity index (χ2n) is 9.96. The van der Waals surface area contributed by atoms with Crippen LogP contribution in [-0.4, -0.2) is 18.0 Å². The van der Waals surface area contributed by atoms with Crippen molar-refractivity contribution in [3.05, 3.63) is 42.0 Å². The summed E-state index contributed by atoms with van der Waals surface area (Å²) in [6.45, 7) is 4.06. The van der Waals surface area contributed by atoms with Crippen LogP contribution in [0.1, 0.15) is 96.5 Å². The summed E-state index contributed by atoms with van der Waals surface area (Å²) in [5.74, 6) is 1.79. The maximum atomic E-state index is 12.7. The van der Waals surface area contributed by atoms with Crippen LogP contribution in [-0.2, 0) is 20.7 Å². The summed E-state index contributed by atoms with van der Waals surface area (Å²) < 4.78 is 11.2. The highest BCUT2D eigenvalue weighted by atomic mass is 16.5. The zero-order valence-electron chi connectivity index (χ0n) is 20.6. The molecule has 4 nitrogen and oxygen atoms in total. The van der Waals surface area contributed by atoms with E-state index in [1.54, 1.807) is 6.08 Å². The molecule has 0 saturated heterocycles. The third-order valence-electron chi connectivity index (χ3n) is 7.54. The molecule has 0 aliphatic heterocycles. The highest BCUT2D eigenvalue weighted by molar-refractivity contribution is 5.81. The van der Waals surface area contributed by atoms with Crippen LogP contribution in [0.15, 0.2) is 36.4 Å². The lowest BCUT2D eigenvalue weighted by atomic mass is 9.70. The Morgan fingerprint density at radius 2 is 1.52 bits per heavy atom. The summed E-state index contributed by atoms with van der Waals surface area (Å²) >= 11 is 0. The molecular weight excluding hydrogens is 412 g/mol. The van der Waals surface area contributed by atoms with Gasteiger partial charge in [0.05, 0.1) is 5.92 Å². The molecule has 0 aromatic heterocycles. The van der Waals surface area contributed by atoms with Gasteiger partial charge in [-0.05, 0) is 101 Å². The normalized spacial score (nSPS) is 25.6. The molecule has 1 aromatic carbocycles. The minimum atomic E-state index is -0.221. The van der Waals surface area contributed by atoms with Crippen LogP contribution < -0.4 is 4.74 Å². The molecule has 2 aliphatic carbocycles. The van der Waals surface area contributed by atoms with E-state index in [9.17, 15) is 9.59 Å². The largest absolute Gasteiger partial charge is 0.459 e. The van der Waals surface area contributed by atoms with Crippen molar-refractivity contribution >= 4 is 11.9 Å². The van der Waals surface area contributed by atoms with E-state index in [2.05, 4.69) is 19.1 Å². The Morgan fingerprint density at radius 1 is 0.879 bits per heavy atom. The molecule has 0 heterocycles. The quantitative estimate of drug-likeness (QED) is 0.162. The van der Waals surface area contributed by atoms with Crippen LogP contribution in [0.5, 0.6) is 5.75 Å². The molecule has 0 bridgehead atoms. The van der Waals surface area contributed by atoms with Gasteiger partial charge in [-0.2, -0.15) is 0 Å². The molecule has 182 valence electrons. The van der Waals surface area contributed by atoms with Gasteiger partial charge in [0.2, 0.25) is 0 Å². The molecule has 0 unspecified atom stereocenters. The Morgan fingerprint density at radius 3 is 2.12 bits per heavy atom. The fourth-order valence-corrected chi connectivity index (χ4v) is 5.52. The van der Waals surface area contributed by atoms with E-state index in [1.165, 1.54) is 37.3 Å². The van der Waals surface area contributed by atoms with E-state index in [1.807, 2.05) is 19.1 Å². The SMILES string of the molecule is C/C=C/C(=O)O[C@H]1CC[C@H]([C@H]2CC[C@H](C(=O)Oc3ccc(CCCCCC)cc3)CC2)CC1. The van der Waals surface area contributed by atoms with Crippen molar-refractivity contribution in [3.8, 4) is 5.75 Å². The number of aryl methyl sites for hydroxylation is 1. The van der Waals surface area contributed by atoms with E-state index >= 15 is 0 Å². The molecule has 2 saturated carbocycles. The Kier molecular flexibility index (Phi) is 10.5. The predicted octanol–water partition coefficient (Wildman–Crippen LogP) is 7.20. The summed E-state index contributed by atoms with van der Waals surface area (Å²) in [5.41, 5.74) is 1.32. The predicted molar refractivity (Wildman–Crippen MR) is 132 cm³/mol. The van der Waals surface area contributed by atoms with Crippen molar-refractivity contribution < 1.29 is 19.1 Å².